The Morgan fingerprint density at radius 3 is 2.79 bits per heavy atom. The van der Waals surface area contributed by atoms with Gasteiger partial charge in [0.15, 0.2) is 11.6 Å². The van der Waals surface area contributed by atoms with Crippen LogP contribution in [0.4, 0.5) is 13.2 Å². The number of halogens is 3. The highest BCUT2D eigenvalue weighted by atomic mass is 19.3. The summed E-state index contributed by atoms with van der Waals surface area (Å²) in [5, 5.41) is 4.36. The first-order valence-electron chi connectivity index (χ1n) is 8.71. The largest absolute Gasteiger partial charge is 0.432 e. The van der Waals surface area contributed by atoms with Crippen molar-refractivity contribution in [1.29, 1.82) is 0 Å². The number of hydrogen-bond donors (Lipinski definition) is 0. The summed E-state index contributed by atoms with van der Waals surface area (Å²) in [6, 6.07) is 5.58. The van der Waals surface area contributed by atoms with E-state index in [0.717, 1.165) is 11.6 Å². The summed E-state index contributed by atoms with van der Waals surface area (Å²) < 4.78 is 44.6. The number of carbonyl (C=O) groups is 1. The number of rotatable bonds is 5. The summed E-state index contributed by atoms with van der Waals surface area (Å²) in [6.45, 7) is -1.88. The van der Waals surface area contributed by atoms with Crippen LogP contribution in [-0.4, -0.2) is 45.8 Å². The molecule has 0 unspecified atom stereocenters. The van der Waals surface area contributed by atoms with Crippen LogP contribution in [0.15, 0.2) is 36.7 Å². The summed E-state index contributed by atoms with van der Waals surface area (Å²) >= 11 is 0. The van der Waals surface area contributed by atoms with Crippen molar-refractivity contribution in [2.24, 2.45) is 5.92 Å². The Balaban J connectivity index is 1.65. The molecule has 0 bridgehead atoms. The second-order valence-electron chi connectivity index (χ2n) is 6.82. The molecule has 1 amide bonds. The molecule has 3 aromatic rings. The van der Waals surface area contributed by atoms with Crippen LogP contribution in [0.3, 0.4) is 0 Å². The number of alkyl halides is 2. The summed E-state index contributed by atoms with van der Waals surface area (Å²) in [4.78, 5) is 17.8. The minimum absolute atomic E-state index is 0.109. The van der Waals surface area contributed by atoms with Crippen molar-refractivity contribution < 1.29 is 22.7 Å². The summed E-state index contributed by atoms with van der Waals surface area (Å²) in [7, 11) is 1.77. The lowest BCUT2D eigenvalue weighted by molar-refractivity contribution is -0.126. The second-order valence-corrected chi connectivity index (χ2v) is 6.82. The maximum atomic E-state index is 13.7. The summed E-state index contributed by atoms with van der Waals surface area (Å²) in [6.07, 6.45) is 3.67. The van der Waals surface area contributed by atoms with Gasteiger partial charge in [0.2, 0.25) is 5.91 Å². The van der Waals surface area contributed by atoms with E-state index in [0.29, 0.717) is 36.2 Å². The fraction of sp³-hybridized carbons (Fsp3) is 0.316. The van der Waals surface area contributed by atoms with Crippen molar-refractivity contribution in [3.63, 3.8) is 0 Å². The van der Waals surface area contributed by atoms with E-state index in [9.17, 15) is 18.0 Å². The SMILES string of the molecule is CN1C[C@H](Cn2ncc3ncc(-c4ccc(F)c(OC(F)F)c4)cc32)CC1=O. The Labute approximate surface area is 158 Å². The van der Waals surface area contributed by atoms with E-state index in [-0.39, 0.29) is 11.8 Å². The van der Waals surface area contributed by atoms with Crippen molar-refractivity contribution in [1.82, 2.24) is 19.7 Å². The molecular weight excluding hydrogens is 373 g/mol. The number of amides is 1. The second kappa shape index (κ2) is 7.14. The Morgan fingerprint density at radius 2 is 2.07 bits per heavy atom. The molecular formula is C19H17F3N4O2. The molecule has 0 aliphatic carbocycles. The van der Waals surface area contributed by atoms with Crippen molar-refractivity contribution in [2.75, 3.05) is 13.6 Å². The molecule has 1 aliphatic rings. The zero-order chi connectivity index (χ0) is 19.8. The van der Waals surface area contributed by atoms with Gasteiger partial charge < -0.3 is 9.64 Å². The van der Waals surface area contributed by atoms with Crippen molar-refractivity contribution >= 4 is 16.9 Å². The van der Waals surface area contributed by atoms with Gasteiger partial charge in [-0.2, -0.15) is 13.9 Å². The number of fused-ring (bicyclic) bond motifs is 1. The lowest BCUT2D eigenvalue weighted by atomic mass is 10.1. The fourth-order valence-corrected chi connectivity index (χ4v) is 3.45. The first-order valence-corrected chi connectivity index (χ1v) is 8.71. The number of carbonyl (C=O) groups excluding carboxylic acids is 1. The number of pyridine rings is 1. The van der Waals surface area contributed by atoms with Gasteiger partial charge in [-0.05, 0) is 23.8 Å². The quantitative estimate of drug-likeness (QED) is 0.671. The molecule has 28 heavy (non-hydrogen) atoms. The average molecular weight is 390 g/mol. The zero-order valence-corrected chi connectivity index (χ0v) is 15.0. The maximum absolute atomic E-state index is 13.7. The van der Waals surface area contributed by atoms with Gasteiger partial charge in [-0.15, -0.1) is 0 Å². The average Bonchev–Trinajstić information content (AvgIpc) is 3.19. The molecule has 0 spiro atoms. The minimum atomic E-state index is -3.11. The monoisotopic (exact) mass is 390 g/mol. The third kappa shape index (κ3) is 3.51. The third-order valence-corrected chi connectivity index (χ3v) is 4.83. The van der Waals surface area contributed by atoms with Gasteiger partial charge in [-0.25, -0.2) is 4.39 Å². The number of aromatic nitrogens is 3. The van der Waals surface area contributed by atoms with E-state index in [4.69, 9.17) is 0 Å². The molecule has 3 heterocycles. The molecule has 1 saturated heterocycles. The van der Waals surface area contributed by atoms with Crippen molar-refractivity contribution in [3.8, 4) is 16.9 Å². The van der Waals surface area contributed by atoms with E-state index in [2.05, 4.69) is 14.8 Å². The van der Waals surface area contributed by atoms with Crippen LogP contribution in [-0.2, 0) is 11.3 Å². The summed E-state index contributed by atoms with van der Waals surface area (Å²) in [5.41, 5.74) is 2.54. The molecule has 2 aromatic heterocycles. The molecule has 1 aromatic carbocycles. The number of hydrogen-bond acceptors (Lipinski definition) is 4. The van der Waals surface area contributed by atoms with E-state index in [1.807, 2.05) is 6.07 Å². The summed E-state index contributed by atoms with van der Waals surface area (Å²) in [5.74, 6) is -1.12. The van der Waals surface area contributed by atoms with E-state index < -0.39 is 18.2 Å². The maximum Gasteiger partial charge on any atom is 0.387 e. The molecule has 6 nitrogen and oxygen atoms in total. The highest BCUT2D eigenvalue weighted by Crippen LogP contribution is 2.29. The van der Waals surface area contributed by atoms with Gasteiger partial charge in [0.25, 0.3) is 0 Å². The first-order chi connectivity index (χ1) is 13.4. The molecule has 0 N–H and O–H groups in total. The smallest absolute Gasteiger partial charge is 0.387 e. The first kappa shape index (κ1) is 18.3. The number of ether oxygens (including phenoxy) is 1. The van der Waals surface area contributed by atoms with Gasteiger partial charge in [0.1, 0.15) is 5.52 Å². The normalized spacial score (nSPS) is 17.1. The Bertz CT molecular complexity index is 1040. The van der Waals surface area contributed by atoms with Gasteiger partial charge in [0.05, 0.1) is 11.7 Å². The standard InChI is InChI=1S/C19H17F3N4O2/c1-25-9-11(4-18(25)27)10-26-16-5-13(7-23-15(16)8-24-26)12-2-3-14(20)17(6-12)28-19(21)22/h2-3,5-8,11,19H,4,9-10H2,1H3/t11-/m1/s1. The predicted octanol–water partition coefficient (Wildman–Crippen LogP) is 3.32. The topological polar surface area (TPSA) is 60.3 Å². The van der Waals surface area contributed by atoms with Gasteiger partial charge in [-0.3, -0.25) is 14.5 Å². The van der Waals surface area contributed by atoms with E-state index in [1.54, 1.807) is 29.0 Å². The molecule has 1 atom stereocenters. The molecule has 1 aliphatic heterocycles. The van der Waals surface area contributed by atoms with Crippen LogP contribution in [0.25, 0.3) is 22.2 Å². The fourth-order valence-electron chi connectivity index (χ4n) is 3.45. The van der Waals surface area contributed by atoms with Crippen molar-refractivity contribution in [2.45, 2.75) is 19.6 Å². The molecule has 1 fully saturated rings. The predicted molar refractivity (Wildman–Crippen MR) is 95.3 cm³/mol. The molecule has 0 saturated carbocycles. The number of benzene rings is 1. The zero-order valence-electron chi connectivity index (χ0n) is 15.0. The lowest BCUT2D eigenvalue weighted by Crippen LogP contribution is -2.20. The van der Waals surface area contributed by atoms with Gasteiger partial charge in [0, 0.05) is 44.2 Å². The van der Waals surface area contributed by atoms with Crippen LogP contribution in [0.1, 0.15) is 6.42 Å². The minimum Gasteiger partial charge on any atom is -0.432 e. The molecule has 9 heteroatoms. The lowest BCUT2D eigenvalue weighted by Gasteiger charge is -2.12. The Morgan fingerprint density at radius 1 is 1.25 bits per heavy atom. The van der Waals surface area contributed by atoms with Gasteiger partial charge in [-0.1, -0.05) is 6.07 Å². The van der Waals surface area contributed by atoms with Crippen LogP contribution in [0.5, 0.6) is 5.75 Å². The van der Waals surface area contributed by atoms with Crippen LogP contribution < -0.4 is 4.74 Å². The Kier molecular flexibility index (Phi) is 4.66. The van der Waals surface area contributed by atoms with E-state index in [1.165, 1.54) is 12.1 Å². The van der Waals surface area contributed by atoms with Crippen LogP contribution >= 0.6 is 0 Å². The highest BCUT2D eigenvalue weighted by molar-refractivity contribution is 5.81. The molecule has 146 valence electrons. The Hall–Kier alpha value is -3.10. The van der Waals surface area contributed by atoms with Gasteiger partial charge >= 0.3 is 6.61 Å². The number of likely N-dealkylation sites (tertiary alicyclic amines) is 1. The van der Waals surface area contributed by atoms with E-state index >= 15 is 0 Å². The molecule has 0 radical (unpaired) electrons. The van der Waals surface area contributed by atoms with Crippen molar-refractivity contribution in [3.05, 3.63) is 42.5 Å². The number of nitrogens with zero attached hydrogens (tertiary/aromatic N) is 4. The third-order valence-electron chi connectivity index (χ3n) is 4.83. The van der Waals surface area contributed by atoms with Crippen LogP contribution in [0, 0.1) is 11.7 Å². The highest BCUT2D eigenvalue weighted by Gasteiger charge is 2.27. The molecule has 4 rings (SSSR count). The van der Waals surface area contributed by atoms with Crippen LogP contribution in [0.2, 0.25) is 0 Å².